The summed E-state index contributed by atoms with van der Waals surface area (Å²) in [5.74, 6) is 0.165. The van der Waals surface area contributed by atoms with E-state index < -0.39 is 8.32 Å². The van der Waals surface area contributed by atoms with E-state index in [-0.39, 0.29) is 35.1 Å². The molecular formula is C20H31NO3Si. The van der Waals surface area contributed by atoms with Gasteiger partial charge in [-0.3, -0.25) is 4.79 Å². The molecule has 1 saturated carbocycles. The van der Waals surface area contributed by atoms with E-state index in [9.17, 15) is 4.79 Å². The zero-order valence-corrected chi connectivity index (χ0v) is 17.3. The molecule has 5 heteroatoms. The molecule has 25 heavy (non-hydrogen) atoms. The Balaban J connectivity index is 1.78. The number of amides is 1. The number of piperidine rings is 1. The van der Waals surface area contributed by atoms with Gasteiger partial charge in [-0.1, -0.05) is 51.1 Å². The van der Waals surface area contributed by atoms with Crippen molar-refractivity contribution in [2.45, 2.75) is 70.1 Å². The number of carbonyl (C=O) groups excluding carboxylic acids is 1. The molecule has 3 rings (SSSR count). The molecule has 4 nitrogen and oxygen atoms in total. The molecule has 2 fully saturated rings. The normalized spacial score (nSPS) is 29.5. The van der Waals surface area contributed by atoms with Gasteiger partial charge in [0.15, 0.2) is 8.32 Å². The zero-order valence-electron chi connectivity index (χ0n) is 16.3. The Hall–Kier alpha value is -1.17. The van der Waals surface area contributed by atoms with Crippen LogP contribution in [0.15, 0.2) is 30.3 Å². The first-order valence-corrected chi connectivity index (χ1v) is 12.1. The van der Waals surface area contributed by atoms with Crippen molar-refractivity contribution in [3.05, 3.63) is 35.9 Å². The smallest absolute Gasteiger partial charge is 0.229 e. The summed E-state index contributed by atoms with van der Waals surface area (Å²) in [5, 5.41) is 0.125. The molecule has 0 spiro atoms. The molecule has 0 radical (unpaired) electrons. The Kier molecular flexibility index (Phi) is 4.86. The van der Waals surface area contributed by atoms with Crippen molar-refractivity contribution in [2.75, 3.05) is 7.11 Å². The predicted molar refractivity (Wildman–Crippen MR) is 102 cm³/mol. The fraction of sp³-hybridized carbons (Fsp3) is 0.650. The lowest BCUT2D eigenvalue weighted by molar-refractivity contribution is -0.147. The second kappa shape index (κ2) is 6.52. The summed E-state index contributed by atoms with van der Waals surface area (Å²) in [7, 11) is -0.193. The summed E-state index contributed by atoms with van der Waals surface area (Å²) in [6.07, 6.45) is 0.722. The van der Waals surface area contributed by atoms with Gasteiger partial charge in [-0.15, -0.1) is 0 Å². The molecule has 0 unspecified atom stereocenters. The Labute approximate surface area is 152 Å². The van der Waals surface area contributed by atoms with Crippen molar-refractivity contribution in [3.63, 3.8) is 0 Å². The molecule has 1 aromatic rings. The molecule has 0 N–H and O–H groups in total. The van der Waals surface area contributed by atoms with E-state index in [1.165, 1.54) is 5.56 Å². The van der Waals surface area contributed by atoms with Gasteiger partial charge in [0.25, 0.3) is 0 Å². The van der Waals surface area contributed by atoms with Gasteiger partial charge in [-0.05, 0) is 30.1 Å². The van der Waals surface area contributed by atoms with Crippen LogP contribution in [0.3, 0.4) is 0 Å². The first-order chi connectivity index (χ1) is 11.7. The third-order valence-electron chi connectivity index (χ3n) is 6.30. The van der Waals surface area contributed by atoms with Gasteiger partial charge in [0.05, 0.1) is 18.1 Å². The number of ether oxygens (including phenoxy) is 1. The molecule has 2 bridgehead atoms. The number of benzene rings is 1. The van der Waals surface area contributed by atoms with Crippen LogP contribution in [-0.2, 0) is 20.5 Å². The van der Waals surface area contributed by atoms with Gasteiger partial charge in [-0.25, -0.2) is 0 Å². The number of fused-ring (bicyclic) bond motifs is 2. The van der Waals surface area contributed by atoms with Crippen LogP contribution >= 0.6 is 0 Å². The average molecular weight is 362 g/mol. The van der Waals surface area contributed by atoms with Crippen LogP contribution in [0.25, 0.3) is 0 Å². The van der Waals surface area contributed by atoms with Crippen LogP contribution in [0.5, 0.6) is 0 Å². The first kappa shape index (κ1) is 18.6. The maximum Gasteiger partial charge on any atom is 0.229 e. The highest BCUT2D eigenvalue weighted by atomic mass is 28.4. The molecule has 2 aliphatic rings. The molecular weight excluding hydrogens is 330 g/mol. The minimum atomic E-state index is -1.94. The number of methoxy groups -OCH3 is 1. The molecule has 0 aromatic heterocycles. The van der Waals surface area contributed by atoms with Gasteiger partial charge in [0.2, 0.25) is 5.91 Å². The fourth-order valence-corrected chi connectivity index (χ4v) is 5.16. The average Bonchev–Trinajstić information content (AvgIpc) is 3.03. The quantitative estimate of drug-likeness (QED) is 0.748. The van der Waals surface area contributed by atoms with Crippen molar-refractivity contribution in [1.82, 2.24) is 4.90 Å². The lowest BCUT2D eigenvalue weighted by atomic mass is 10.0. The summed E-state index contributed by atoms with van der Waals surface area (Å²) in [6, 6.07) is 10.3. The second-order valence-electron chi connectivity index (χ2n) is 8.90. The van der Waals surface area contributed by atoms with Crippen molar-refractivity contribution in [1.29, 1.82) is 0 Å². The standard InChI is InChI=1S/C20H31NO3Si/c1-20(2,3)25(5,6)24-17-15-12-16(18(17)23-4)21(19(15)22)13-14-10-8-7-9-11-14/h7-11,15-18H,12-13H2,1-6H3/t15-,16+,17+,18-/m1/s1. The molecule has 138 valence electrons. The second-order valence-corrected chi connectivity index (χ2v) is 13.7. The maximum absolute atomic E-state index is 13.0. The minimum Gasteiger partial charge on any atom is -0.410 e. The van der Waals surface area contributed by atoms with Crippen LogP contribution in [0, 0.1) is 5.92 Å². The van der Waals surface area contributed by atoms with E-state index in [0.717, 1.165) is 6.42 Å². The maximum atomic E-state index is 13.0. The number of hydrogen-bond donors (Lipinski definition) is 0. The Bertz CT molecular complexity index is 626. The van der Waals surface area contributed by atoms with E-state index in [4.69, 9.17) is 9.16 Å². The van der Waals surface area contributed by atoms with Gasteiger partial charge < -0.3 is 14.1 Å². The van der Waals surface area contributed by atoms with Crippen molar-refractivity contribution >= 4 is 14.2 Å². The molecule has 1 amide bonds. The fourth-order valence-electron chi connectivity index (χ4n) is 3.83. The number of hydrogen-bond acceptors (Lipinski definition) is 3. The van der Waals surface area contributed by atoms with Crippen LogP contribution in [0.2, 0.25) is 18.1 Å². The predicted octanol–water partition coefficient (Wildman–Crippen LogP) is 3.82. The van der Waals surface area contributed by atoms with E-state index in [1.54, 1.807) is 7.11 Å². The monoisotopic (exact) mass is 361 g/mol. The Morgan fingerprint density at radius 2 is 1.80 bits per heavy atom. The van der Waals surface area contributed by atoms with Crippen LogP contribution < -0.4 is 0 Å². The zero-order chi connectivity index (χ0) is 18.4. The molecule has 1 aliphatic heterocycles. The van der Waals surface area contributed by atoms with Crippen LogP contribution in [0.4, 0.5) is 0 Å². The number of nitrogens with zero attached hydrogens (tertiary/aromatic N) is 1. The van der Waals surface area contributed by atoms with Gasteiger partial charge >= 0.3 is 0 Å². The van der Waals surface area contributed by atoms with Crippen LogP contribution in [0.1, 0.15) is 32.8 Å². The van der Waals surface area contributed by atoms with Gasteiger partial charge in [0, 0.05) is 13.7 Å². The molecule has 1 heterocycles. The third kappa shape index (κ3) is 3.29. The van der Waals surface area contributed by atoms with E-state index in [2.05, 4.69) is 46.0 Å². The van der Waals surface area contributed by atoms with Gasteiger partial charge in [0.1, 0.15) is 6.10 Å². The van der Waals surface area contributed by atoms with Gasteiger partial charge in [-0.2, -0.15) is 0 Å². The highest BCUT2D eigenvalue weighted by Gasteiger charge is 2.59. The van der Waals surface area contributed by atoms with Crippen molar-refractivity contribution in [2.24, 2.45) is 5.92 Å². The SMILES string of the molecule is CO[C@H]1[C@@H](O[Si](C)(C)C(C)(C)C)[C@H]2C[C@@H]1N(Cc1ccccc1)C2=O. The first-order valence-electron chi connectivity index (χ1n) is 9.21. The lowest BCUT2D eigenvalue weighted by Gasteiger charge is -2.44. The largest absolute Gasteiger partial charge is 0.410 e. The number of rotatable bonds is 5. The van der Waals surface area contributed by atoms with Crippen molar-refractivity contribution in [3.8, 4) is 0 Å². The summed E-state index contributed by atoms with van der Waals surface area (Å²) in [5.41, 5.74) is 1.17. The molecule has 1 aromatic carbocycles. The summed E-state index contributed by atoms with van der Waals surface area (Å²) in [6.45, 7) is 11.9. The topological polar surface area (TPSA) is 38.8 Å². The highest BCUT2D eigenvalue weighted by molar-refractivity contribution is 6.74. The van der Waals surface area contributed by atoms with E-state index in [0.29, 0.717) is 6.54 Å². The lowest BCUT2D eigenvalue weighted by Crippen LogP contribution is -2.56. The Morgan fingerprint density at radius 3 is 2.36 bits per heavy atom. The van der Waals surface area contributed by atoms with Crippen LogP contribution in [-0.4, -0.2) is 44.5 Å². The summed E-state index contributed by atoms with van der Waals surface area (Å²) in [4.78, 5) is 15.0. The molecule has 1 saturated heterocycles. The summed E-state index contributed by atoms with van der Waals surface area (Å²) < 4.78 is 12.5. The summed E-state index contributed by atoms with van der Waals surface area (Å²) >= 11 is 0. The van der Waals surface area contributed by atoms with E-state index >= 15 is 0 Å². The molecule has 4 atom stereocenters. The van der Waals surface area contributed by atoms with Crippen molar-refractivity contribution < 1.29 is 14.0 Å². The highest BCUT2D eigenvalue weighted by Crippen LogP contribution is 2.46. The number of likely N-dealkylation sites (tertiary alicyclic amines) is 1. The number of carbonyl (C=O) groups is 1. The minimum absolute atomic E-state index is 0.0273. The third-order valence-corrected chi connectivity index (χ3v) is 10.8. The Morgan fingerprint density at radius 1 is 1.16 bits per heavy atom. The van der Waals surface area contributed by atoms with E-state index in [1.807, 2.05) is 23.1 Å². The molecule has 1 aliphatic carbocycles.